The van der Waals surface area contributed by atoms with Crippen molar-refractivity contribution in [1.29, 1.82) is 0 Å². The Morgan fingerprint density at radius 1 is 0.638 bits per heavy atom. The number of hydrogen-bond acceptors (Lipinski definition) is 1. The van der Waals surface area contributed by atoms with Gasteiger partial charge in [-0.25, -0.2) is 0 Å². The summed E-state index contributed by atoms with van der Waals surface area (Å²) in [6, 6.07) is 30.7. The predicted octanol–water partition coefficient (Wildman–Crippen LogP) is 13.0. The van der Waals surface area contributed by atoms with Crippen molar-refractivity contribution in [1.82, 2.24) is 0 Å². The van der Waals surface area contributed by atoms with E-state index in [1.807, 2.05) is 9.13 Å². The molecule has 0 aliphatic rings. The van der Waals surface area contributed by atoms with Gasteiger partial charge in [-0.1, -0.05) is 137 Å². The molecular formula is C53H62IrN2OSi-2. The number of furan rings is 1. The Morgan fingerprint density at radius 3 is 1.88 bits per heavy atom. The number of fused-ring (bicyclic) bond motifs is 3. The summed E-state index contributed by atoms with van der Waals surface area (Å²) < 4.78 is 10.3. The predicted molar refractivity (Wildman–Crippen MR) is 246 cm³/mol. The summed E-state index contributed by atoms with van der Waals surface area (Å²) in [5, 5.41) is 3.69. The summed E-state index contributed by atoms with van der Waals surface area (Å²) in [4.78, 5) is 0. The van der Waals surface area contributed by atoms with Gasteiger partial charge in [0.05, 0.1) is 37.4 Å². The summed E-state index contributed by atoms with van der Waals surface area (Å²) >= 11 is 0. The van der Waals surface area contributed by atoms with Crippen molar-refractivity contribution < 1.29 is 33.7 Å². The number of aryl methyl sites for hydroxylation is 3. The number of hydrogen-bond donors (Lipinski definition) is 0. The summed E-state index contributed by atoms with van der Waals surface area (Å²) in [7, 11) is 7.13. The van der Waals surface area contributed by atoms with Crippen LogP contribution in [0.4, 0.5) is 0 Å². The normalized spacial score (nSPS) is 12.4. The fraction of sp³-hybridized carbons (Fsp3) is 0.283. The molecule has 58 heavy (non-hydrogen) atoms. The van der Waals surface area contributed by atoms with Crippen molar-refractivity contribution in [3.8, 4) is 33.6 Å². The van der Waals surface area contributed by atoms with Gasteiger partial charge in [-0.05, 0) is 61.3 Å². The number of aromatic nitrogens is 2. The molecule has 0 bridgehead atoms. The summed E-state index contributed by atoms with van der Waals surface area (Å²) in [5.41, 5.74) is 17.3. The third-order valence-corrected chi connectivity index (χ3v) is 13.7. The van der Waals surface area contributed by atoms with Crippen molar-refractivity contribution in [2.24, 2.45) is 5.92 Å². The van der Waals surface area contributed by atoms with Crippen LogP contribution in [0.3, 0.4) is 0 Å². The average Bonchev–Trinajstić information content (AvgIpc) is 3.47. The molecule has 1 radical (unpaired) electrons. The first-order chi connectivity index (χ1) is 26.6. The van der Waals surface area contributed by atoms with Crippen LogP contribution in [0.5, 0.6) is 0 Å². The molecule has 3 aromatic heterocycles. The zero-order valence-electron chi connectivity index (χ0n) is 36.9. The quantitative estimate of drug-likeness (QED) is 0.0924. The van der Waals surface area contributed by atoms with E-state index < -0.39 is 8.07 Å². The first-order valence-corrected chi connectivity index (χ1v) is 23.7. The number of pyridine rings is 2. The van der Waals surface area contributed by atoms with Crippen LogP contribution in [0, 0.1) is 54.6 Å². The van der Waals surface area contributed by atoms with Gasteiger partial charge in [-0.2, -0.15) is 31.0 Å². The molecule has 1 unspecified atom stereocenters. The van der Waals surface area contributed by atoms with Gasteiger partial charge in [0, 0.05) is 45.0 Å². The van der Waals surface area contributed by atoms with Crippen molar-refractivity contribution in [3.05, 3.63) is 164 Å². The van der Waals surface area contributed by atoms with Crippen molar-refractivity contribution in [2.75, 3.05) is 0 Å². The molecule has 3 nitrogen and oxygen atoms in total. The number of nitrogens with zero attached hydrogens (tertiary/aromatic N) is 2. The van der Waals surface area contributed by atoms with E-state index in [0.717, 1.165) is 50.0 Å². The van der Waals surface area contributed by atoms with Gasteiger partial charge in [-0.3, -0.25) is 0 Å². The molecule has 3 heterocycles. The van der Waals surface area contributed by atoms with Crippen LogP contribution in [0.15, 0.2) is 102 Å². The van der Waals surface area contributed by atoms with Gasteiger partial charge in [0.15, 0.2) is 0 Å². The smallest absolute Gasteiger partial charge is 0.134 e. The number of rotatable bonds is 6. The van der Waals surface area contributed by atoms with Crippen LogP contribution in [-0.4, -0.2) is 8.07 Å². The second-order valence-corrected chi connectivity index (χ2v) is 23.7. The Labute approximate surface area is 363 Å². The van der Waals surface area contributed by atoms with Crippen molar-refractivity contribution in [2.45, 2.75) is 93.3 Å². The third kappa shape index (κ3) is 9.28. The molecule has 0 saturated carbocycles. The second-order valence-electron chi connectivity index (χ2n) is 18.6. The Kier molecular flexibility index (Phi) is 12.9. The maximum Gasteiger partial charge on any atom is 0.134 e. The molecule has 0 N–H and O–H groups in total. The molecule has 0 aliphatic carbocycles. The monoisotopic (exact) mass is 963 g/mol. The fourth-order valence-corrected chi connectivity index (χ4v) is 9.66. The van der Waals surface area contributed by atoms with Crippen LogP contribution < -0.4 is 14.3 Å². The number of benzene rings is 4. The standard InChI is InChI=1S/C32H32NO.C21H30NSi.Ir/c1-19(2)23(6)24-10-11-33(7)30(16-24)28-18-29-27-9-8-25(26-13-20(3)12-21(4)14-26)17-32(27)34-31(29)15-22(28)5;1-15-10-11-17(21(3,4)5)13-18(15)19-12-16(2)20(14-22(19)6)23(7,8)9;/h8-19,23H,5,7H2,1-4,6H3;10-14H,1,6H2,2-5,7-9H3;/q2*-1;. The maximum atomic E-state index is 6.31. The third-order valence-electron chi connectivity index (χ3n) is 11.5. The first-order valence-electron chi connectivity index (χ1n) is 20.2. The Morgan fingerprint density at radius 2 is 1.26 bits per heavy atom. The molecular weight excluding hydrogens is 901 g/mol. The van der Waals surface area contributed by atoms with Crippen molar-refractivity contribution >= 4 is 35.2 Å². The molecule has 5 heteroatoms. The maximum absolute atomic E-state index is 6.31. The Balaban J connectivity index is 0.000000234. The summed E-state index contributed by atoms with van der Waals surface area (Å²) in [6.45, 7) is 35.7. The van der Waals surface area contributed by atoms with E-state index in [0.29, 0.717) is 11.8 Å². The van der Waals surface area contributed by atoms with E-state index in [9.17, 15) is 0 Å². The van der Waals surface area contributed by atoms with Crippen LogP contribution in [0.1, 0.15) is 86.4 Å². The van der Waals surface area contributed by atoms with Gasteiger partial charge in [-0.15, -0.1) is 35.4 Å². The Hall–Kier alpha value is -4.67. The summed E-state index contributed by atoms with van der Waals surface area (Å²) in [5.74, 6) is 1.04. The van der Waals surface area contributed by atoms with Crippen LogP contribution in [-0.2, 0) is 25.5 Å². The molecule has 0 fully saturated rings. The van der Waals surface area contributed by atoms with E-state index >= 15 is 0 Å². The zero-order valence-corrected chi connectivity index (χ0v) is 40.3. The summed E-state index contributed by atoms with van der Waals surface area (Å²) in [6.07, 6.45) is 4.27. The van der Waals surface area contributed by atoms with Gasteiger partial charge in [0.2, 0.25) is 0 Å². The fourth-order valence-electron chi connectivity index (χ4n) is 7.86. The SMILES string of the molecule is [CH2-]c1cc2oc3cc(-c4cc(C)cc(C)c4)ccc3c2cc1-c1cc(C(C)C(C)C)cc[n+]1[CH2-].[CH2-]c1ccc(C(C)(C)C)cc1-c1cc(C)c([Si](C)(C)C)c[n+]1[CH2-].[Ir]. The molecule has 0 spiro atoms. The molecule has 0 saturated heterocycles. The van der Waals surface area contributed by atoms with Crippen molar-refractivity contribution in [3.63, 3.8) is 0 Å². The minimum absolute atomic E-state index is 0. The van der Waals surface area contributed by atoms with Crippen LogP contribution >= 0.6 is 0 Å². The van der Waals surface area contributed by atoms with Crippen LogP contribution in [0.25, 0.3) is 55.6 Å². The Bertz CT molecular complexity index is 2600. The largest absolute Gasteiger partial charge is 0.469 e. The van der Waals surface area contributed by atoms with Gasteiger partial charge >= 0.3 is 0 Å². The topological polar surface area (TPSA) is 20.9 Å². The minimum Gasteiger partial charge on any atom is -0.469 e. The van der Waals surface area contributed by atoms with Crippen LogP contribution in [0.2, 0.25) is 19.6 Å². The second kappa shape index (κ2) is 16.9. The average molecular weight is 963 g/mol. The molecule has 1 atom stereocenters. The van der Waals surface area contributed by atoms with Gasteiger partial charge in [0.25, 0.3) is 0 Å². The molecule has 0 amide bonds. The molecule has 0 aliphatic heterocycles. The van der Waals surface area contributed by atoms with E-state index in [1.165, 1.54) is 49.7 Å². The molecule has 7 rings (SSSR count). The molecule has 4 aromatic carbocycles. The van der Waals surface area contributed by atoms with E-state index in [-0.39, 0.29) is 25.5 Å². The van der Waals surface area contributed by atoms with Gasteiger partial charge in [0.1, 0.15) is 5.58 Å². The van der Waals surface area contributed by atoms with E-state index in [4.69, 9.17) is 4.42 Å². The molecule has 305 valence electrons. The van der Waals surface area contributed by atoms with E-state index in [1.54, 1.807) is 0 Å². The zero-order chi connectivity index (χ0) is 41.7. The molecule has 7 aromatic rings. The first kappa shape index (κ1) is 44.4. The van der Waals surface area contributed by atoms with Gasteiger partial charge < -0.3 is 13.6 Å². The van der Waals surface area contributed by atoms with E-state index in [2.05, 4.69) is 207 Å². The minimum atomic E-state index is -1.36.